The number of amides is 3. The zero-order chi connectivity index (χ0) is 24.8. The van der Waals surface area contributed by atoms with E-state index in [1.54, 1.807) is 18.3 Å². The van der Waals surface area contributed by atoms with Gasteiger partial charge in [0.25, 0.3) is 0 Å². The molecule has 0 bridgehead atoms. The van der Waals surface area contributed by atoms with Crippen molar-refractivity contribution in [3.8, 4) is 5.75 Å². The van der Waals surface area contributed by atoms with Crippen molar-refractivity contribution in [2.45, 2.75) is 31.0 Å². The van der Waals surface area contributed by atoms with Crippen molar-refractivity contribution in [2.75, 3.05) is 18.4 Å². The van der Waals surface area contributed by atoms with Gasteiger partial charge >= 0.3 is 0 Å². The zero-order valence-electron chi connectivity index (χ0n) is 19.0. The number of benzene rings is 2. The fourth-order valence-electron chi connectivity index (χ4n) is 4.05. The van der Waals surface area contributed by atoms with E-state index >= 15 is 0 Å². The minimum absolute atomic E-state index is 0.113. The third-order valence-corrected chi connectivity index (χ3v) is 5.87. The maximum atomic E-state index is 13.2. The third-order valence-electron chi connectivity index (χ3n) is 5.87. The van der Waals surface area contributed by atoms with Gasteiger partial charge in [0.15, 0.2) is 0 Å². The van der Waals surface area contributed by atoms with Crippen LogP contribution in [0.1, 0.15) is 12.0 Å². The second-order valence-electron chi connectivity index (χ2n) is 8.50. The number of nitrogens with zero attached hydrogens (tertiary/aromatic N) is 1. The zero-order valence-corrected chi connectivity index (χ0v) is 19.0. The molecule has 0 saturated carbocycles. The van der Waals surface area contributed by atoms with Crippen molar-refractivity contribution in [1.29, 1.82) is 0 Å². The SMILES string of the molecule is NCC(=O)N[C@H]1CN[C@H](C(=O)NC(Cc2ccc(O)cc2)C(=O)Nc2cnc3ccccc3c2)C1. The number of pyridine rings is 1. The summed E-state index contributed by atoms with van der Waals surface area (Å²) in [5.74, 6) is -0.910. The average molecular weight is 477 g/mol. The summed E-state index contributed by atoms with van der Waals surface area (Å²) < 4.78 is 0. The monoisotopic (exact) mass is 476 g/mol. The maximum absolute atomic E-state index is 13.2. The molecule has 1 aromatic heterocycles. The maximum Gasteiger partial charge on any atom is 0.247 e. The van der Waals surface area contributed by atoms with E-state index in [0.29, 0.717) is 18.7 Å². The van der Waals surface area contributed by atoms with Gasteiger partial charge in [-0.2, -0.15) is 0 Å². The number of carbonyl (C=O) groups is 3. The lowest BCUT2D eigenvalue weighted by atomic mass is 10.0. The molecule has 10 nitrogen and oxygen atoms in total. The highest BCUT2D eigenvalue weighted by Crippen LogP contribution is 2.17. The van der Waals surface area contributed by atoms with Gasteiger partial charge in [0, 0.05) is 24.4 Å². The Hall–Kier alpha value is -4.02. The van der Waals surface area contributed by atoms with E-state index in [9.17, 15) is 19.5 Å². The van der Waals surface area contributed by atoms with Crippen molar-refractivity contribution in [3.63, 3.8) is 0 Å². The molecule has 0 spiro atoms. The number of fused-ring (bicyclic) bond motifs is 1. The van der Waals surface area contributed by atoms with E-state index in [0.717, 1.165) is 16.5 Å². The number of phenolic OH excluding ortho intramolecular Hbond substituents is 1. The van der Waals surface area contributed by atoms with Crippen LogP contribution in [0.4, 0.5) is 5.69 Å². The first-order chi connectivity index (χ1) is 16.9. The Balaban J connectivity index is 1.47. The summed E-state index contributed by atoms with van der Waals surface area (Å²) in [6.07, 6.45) is 2.18. The lowest BCUT2D eigenvalue weighted by Gasteiger charge is -2.21. The third kappa shape index (κ3) is 6.31. The Morgan fingerprint density at radius 1 is 1.14 bits per heavy atom. The molecule has 1 fully saturated rings. The van der Waals surface area contributed by atoms with Crippen molar-refractivity contribution in [3.05, 3.63) is 66.4 Å². The first kappa shape index (κ1) is 24.1. The first-order valence-electron chi connectivity index (χ1n) is 11.4. The van der Waals surface area contributed by atoms with E-state index < -0.39 is 18.0 Å². The molecule has 3 atom stereocenters. The van der Waals surface area contributed by atoms with Crippen LogP contribution in [0.15, 0.2) is 60.8 Å². The molecule has 3 amide bonds. The molecular formula is C25H28N6O4. The van der Waals surface area contributed by atoms with E-state index in [4.69, 9.17) is 5.73 Å². The van der Waals surface area contributed by atoms with Crippen LogP contribution in [0.5, 0.6) is 5.75 Å². The van der Waals surface area contributed by atoms with E-state index in [2.05, 4.69) is 26.3 Å². The Kier molecular flexibility index (Phi) is 7.54. The lowest BCUT2D eigenvalue weighted by molar-refractivity contribution is -0.127. The van der Waals surface area contributed by atoms with Gasteiger partial charge in [-0.15, -0.1) is 0 Å². The van der Waals surface area contributed by atoms with Gasteiger partial charge in [0.2, 0.25) is 17.7 Å². The van der Waals surface area contributed by atoms with Gasteiger partial charge in [-0.1, -0.05) is 30.3 Å². The summed E-state index contributed by atoms with van der Waals surface area (Å²) in [6.45, 7) is 0.313. The van der Waals surface area contributed by atoms with E-state index in [1.165, 1.54) is 12.1 Å². The highest BCUT2D eigenvalue weighted by Gasteiger charge is 2.32. The number of carbonyl (C=O) groups excluding carboxylic acids is 3. The summed E-state index contributed by atoms with van der Waals surface area (Å²) in [6, 6.07) is 14.2. The minimum atomic E-state index is -0.877. The van der Waals surface area contributed by atoms with Crippen molar-refractivity contribution in [2.24, 2.45) is 5.73 Å². The Labute approximate surface area is 202 Å². The number of para-hydroxylation sites is 1. The second-order valence-corrected chi connectivity index (χ2v) is 8.50. The molecule has 1 aliphatic rings. The molecule has 0 aliphatic carbocycles. The number of aromatic hydroxyl groups is 1. The van der Waals surface area contributed by atoms with Gasteiger partial charge < -0.3 is 32.1 Å². The lowest BCUT2D eigenvalue weighted by Crippen LogP contribution is -2.50. The average Bonchev–Trinajstić information content (AvgIpc) is 3.33. The molecule has 2 aromatic carbocycles. The smallest absolute Gasteiger partial charge is 0.247 e. The highest BCUT2D eigenvalue weighted by atomic mass is 16.3. The molecule has 10 heteroatoms. The van der Waals surface area contributed by atoms with Gasteiger partial charge in [0.05, 0.1) is 30.0 Å². The van der Waals surface area contributed by atoms with Crippen LogP contribution >= 0.6 is 0 Å². The molecule has 0 radical (unpaired) electrons. The second kappa shape index (κ2) is 10.9. The van der Waals surface area contributed by atoms with Crippen LogP contribution in [0, 0.1) is 0 Å². The summed E-state index contributed by atoms with van der Waals surface area (Å²) in [5.41, 5.74) is 7.44. The normalized spacial score (nSPS) is 18.1. The van der Waals surface area contributed by atoms with Crippen LogP contribution in [0.3, 0.4) is 0 Å². The summed E-state index contributed by atoms with van der Waals surface area (Å²) in [7, 11) is 0. The van der Waals surface area contributed by atoms with Crippen LogP contribution in [0.2, 0.25) is 0 Å². The predicted molar refractivity (Wildman–Crippen MR) is 132 cm³/mol. The van der Waals surface area contributed by atoms with Crippen LogP contribution in [-0.4, -0.2) is 59.0 Å². The summed E-state index contributed by atoms with van der Waals surface area (Å²) >= 11 is 0. The molecule has 2 heterocycles. The predicted octanol–water partition coefficient (Wildman–Crippen LogP) is 0.412. The number of rotatable bonds is 8. The van der Waals surface area contributed by atoms with Gasteiger partial charge in [-0.05, 0) is 36.2 Å². The van der Waals surface area contributed by atoms with Crippen LogP contribution in [-0.2, 0) is 20.8 Å². The number of nitrogens with one attached hydrogen (secondary N) is 4. The Bertz CT molecular complexity index is 1220. The van der Waals surface area contributed by atoms with Crippen molar-refractivity contribution in [1.82, 2.24) is 20.9 Å². The van der Waals surface area contributed by atoms with Crippen LogP contribution in [0.25, 0.3) is 10.9 Å². The highest BCUT2D eigenvalue weighted by molar-refractivity contribution is 5.99. The molecule has 182 valence electrons. The van der Waals surface area contributed by atoms with Gasteiger partial charge in [-0.3, -0.25) is 19.4 Å². The van der Waals surface area contributed by atoms with Gasteiger partial charge in [0.1, 0.15) is 11.8 Å². The van der Waals surface area contributed by atoms with Gasteiger partial charge in [-0.25, -0.2) is 0 Å². The minimum Gasteiger partial charge on any atom is -0.508 e. The van der Waals surface area contributed by atoms with Crippen molar-refractivity contribution < 1.29 is 19.5 Å². The molecule has 35 heavy (non-hydrogen) atoms. The van der Waals surface area contributed by atoms with Crippen LogP contribution < -0.4 is 27.0 Å². The van der Waals surface area contributed by atoms with E-state index in [-0.39, 0.29) is 36.6 Å². The number of hydrogen-bond donors (Lipinski definition) is 6. The fourth-order valence-corrected chi connectivity index (χ4v) is 4.05. The largest absolute Gasteiger partial charge is 0.508 e. The fraction of sp³-hybridized carbons (Fsp3) is 0.280. The molecule has 1 saturated heterocycles. The molecule has 1 unspecified atom stereocenters. The molecular weight excluding hydrogens is 448 g/mol. The standard InChI is InChI=1S/C25H28N6O4/c26-12-23(33)29-18-11-21(28-14-18)24(34)31-22(9-15-5-7-19(32)8-6-15)25(35)30-17-10-16-3-1-2-4-20(16)27-13-17/h1-8,10,13,18,21-22,28,32H,9,11-12,14,26H2,(H,29,33)(H,30,35)(H,31,34)/t18-,21+,22?/m1/s1. The number of aromatic nitrogens is 1. The molecule has 4 rings (SSSR count). The molecule has 3 aromatic rings. The molecule has 7 N–H and O–H groups in total. The summed E-state index contributed by atoms with van der Waals surface area (Å²) in [4.78, 5) is 42.1. The van der Waals surface area contributed by atoms with Crippen molar-refractivity contribution >= 4 is 34.3 Å². The quantitative estimate of drug-likeness (QED) is 0.275. The van der Waals surface area contributed by atoms with E-state index in [1.807, 2.05) is 30.3 Å². The Morgan fingerprint density at radius 3 is 2.69 bits per heavy atom. The number of anilines is 1. The Morgan fingerprint density at radius 2 is 1.91 bits per heavy atom. The number of nitrogens with two attached hydrogens (primary N) is 1. The summed E-state index contributed by atoms with van der Waals surface area (Å²) in [5, 5.41) is 22.0. The number of hydrogen-bond acceptors (Lipinski definition) is 7. The topological polar surface area (TPSA) is 158 Å². The molecule has 1 aliphatic heterocycles. The first-order valence-corrected chi connectivity index (χ1v) is 11.4. The number of phenols is 1.